The molecule has 0 bridgehead atoms. The Balaban J connectivity index is 1.83. The van der Waals surface area contributed by atoms with E-state index < -0.39 is 0 Å². The first-order valence-corrected chi connectivity index (χ1v) is 6.14. The molecule has 0 spiro atoms. The molecular formula is C12H21NO3. The van der Waals surface area contributed by atoms with Crippen LogP contribution in [0.15, 0.2) is 0 Å². The molecule has 2 unspecified atom stereocenters. The van der Waals surface area contributed by atoms with Crippen LogP contribution < -0.4 is 5.73 Å². The zero-order valence-corrected chi connectivity index (χ0v) is 9.91. The van der Waals surface area contributed by atoms with Gasteiger partial charge in [0.2, 0.25) is 0 Å². The van der Waals surface area contributed by atoms with Gasteiger partial charge in [-0.2, -0.15) is 0 Å². The fraction of sp³-hybridized carbons (Fsp3) is 0.917. The fourth-order valence-electron chi connectivity index (χ4n) is 2.34. The van der Waals surface area contributed by atoms with Crippen LogP contribution >= 0.6 is 0 Å². The second-order valence-corrected chi connectivity index (χ2v) is 5.04. The van der Waals surface area contributed by atoms with Crippen molar-refractivity contribution in [1.29, 1.82) is 0 Å². The van der Waals surface area contributed by atoms with Gasteiger partial charge in [0.1, 0.15) is 6.10 Å². The van der Waals surface area contributed by atoms with E-state index in [0.29, 0.717) is 6.54 Å². The van der Waals surface area contributed by atoms with E-state index in [1.54, 1.807) is 7.11 Å². The van der Waals surface area contributed by atoms with E-state index in [-0.39, 0.29) is 23.6 Å². The summed E-state index contributed by atoms with van der Waals surface area (Å²) in [5.41, 5.74) is 5.27. The summed E-state index contributed by atoms with van der Waals surface area (Å²) in [6, 6.07) is 0. The third-order valence-corrected chi connectivity index (χ3v) is 3.86. The first-order valence-electron chi connectivity index (χ1n) is 6.14. The zero-order chi connectivity index (χ0) is 11.6. The van der Waals surface area contributed by atoms with Gasteiger partial charge in [0.15, 0.2) is 0 Å². The van der Waals surface area contributed by atoms with Gasteiger partial charge < -0.3 is 15.2 Å². The van der Waals surface area contributed by atoms with Crippen LogP contribution in [0.3, 0.4) is 0 Å². The molecule has 4 nitrogen and oxygen atoms in total. The van der Waals surface area contributed by atoms with Gasteiger partial charge in [-0.3, -0.25) is 4.79 Å². The van der Waals surface area contributed by atoms with Crippen LogP contribution in [0.1, 0.15) is 38.5 Å². The summed E-state index contributed by atoms with van der Waals surface area (Å²) in [4.78, 5) is 11.9. The molecule has 2 N–H and O–H groups in total. The quantitative estimate of drug-likeness (QED) is 0.734. The van der Waals surface area contributed by atoms with E-state index in [9.17, 15) is 4.79 Å². The number of carbonyl (C=O) groups is 1. The largest absolute Gasteiger partial charge is 0.462 e. The summed E-state index contributed by atoms with van der Waals surface area (Å²) < 4.78 is 10.9. The molecule has 2 saturated carbocycles. The Morgan fingerprint density at radius 3 is 2.62 bits per heavy atom. The zero-order valence-electron chi connectivity index (χ0n) is 9.91. The lowest BCUT2D eigenvalue weighted by molar-refractivity contribution is -0.159. The molecule has 4 heteroatoms. The topological polar surface area (TPSA) is 61.5 Å². The highest BCUT2D eigenvalue weighted by atomic mass is 16.5. The molecule has 0 aromatic heterocycles. The molecule has 2 atom stereocenters. The highest BCUT2D eigenvalue weighted by Gasteiger charge is 2.50. The minimum Gasteiger partial charge on any atom is -0.462 e. The molecule has 0 saturated heterocycles. The number of carbonyl (C=O) groups excluding carboxylic acids is 1. The van der Waals surface area contributed by atoms with E-state index in [0.717, 1.165) is 38.5 Å². The minimum absolute atomic E-state index is 0.0372. The van der Waals surface area contributed by atoms with Gasteiger partial charge in [-0.05, 0) is 32.1 Å². The summed E-state index contributed by atoms with van der Waals surface area (Å²) >= 11 is 0. The monoisotopic (exact) mass is 227 g/mol. The lowest BCUT2D eigenvalue weighted by Crippen LogP contribution is -2.34. The number of rotatable bonds is 4. The van der Waals surface area contributed by atoms with Crippen LogP contribution in [0.4, 0.5) is 0 Å². The van der Waals surface area contributed by atoms with Crippen molar-refractivity contribution in [3.05, 3.63) is 0 Å². The Morgan fingerprint density at radius 2 is 2.06 bits per heavy atom. The van der Waals surface area contributed by atoms with E-state index >= 15 is 0 Å². The Morgan fingerprint density at radius 1 is 1.38 bits per heavy atom. The average Bonchev–Trinajstić information content (AvgIpc) is 3.10. The number of hydrogen-bond donors (Lipinski definition) is 1. The Hall–Kier alpha value is -0.610. The Kier molecular flexibility index (Phi) is 3.50. The van der Waals surface area contributed by atoms with Crippen molar-refractivity contribution < 1.29 is 14.3 Å². The van der Waals surface area contributed by atoms with E-state index in [1.165, 1.54) is 0 Å². The summed E-state index contributed by atoms with van der Waals surface area (Å²) in [6.45, 7) is 0.423. The molecule has 0 aromatic carbocycles. The van der Waals surface area contributed by atoms with Crippen molar-refractivity contribution in [2.75, 3.05) is 13.7 Å². The van der Waals surface area contributed by atoms with Crippen LogP contribution in [0, 0.1) is 5.41 Å². The van der Waals surface area contributed by atoms with Crippen LogP contribution in [0.2, 0.25) is 0 Å². The van der Waals surface area contributed by atoms with E-state index in [2.05, 4.69) is 0 Å². The van der Waals surface area contributed by atoms with Crippen molar-refractivity contribution in [3.8, 4) is 0 Å². The van der Waals surface area contributed by atoms with E-state index in [4.69, 9.17) is 15.2 Å². The summed E-state index contributed by atoms with van der Waals surface area (Å²) in [6.07, 6.45) is 6.02. The highest BCUT2D eigenvalue weighted by Crippen LogP contribution is 2.46. The standard InChI is InChI=1S/C12H21NO3/c1-15-9-3-2-4-10(7-9)16-11(14)12(8-13)5-6-12/h9-10H,2-8,13H2,1H3. The summed E-state index contributed by atoms with van der Waals surface area (Å²) in [5.74, 6) is -0.0863. The van der Waals surface area contributed by atoms with Crippen LogP contribution in [-0.2, 0) is 14.3 Å². The summed E-state index contributed by atoms with van der Waals surface area (Å²) in [5, 5.41) is 0. The minimum atomic E-state index is -0.333. The maximum absolute atomic E-state index is 11.9. The van der Waals surface area contributed by atoms with Gasteiger partial charge in [0, 0.05) is 20.1 Å². The lowest BCUT2D eigenvalue weighted by atomic mass is 9.94. The fourth-order valence-corrected chi connectivity index (χ4v) is 2.34. The van der Waals surface area contributed by atoms with Crippen molar-refractivity contribution >= 4 is 5.97 Å². The third kappa shape index (κ3) is 2.38. The normalized spacial score (nSPS) is 32.1. The van der Waals surface area contributed by atoms with Gasteiger partial charge in [-0.1, -0.05) is 0 Å². The third-order valence-electron chi connectivity index (χ3n) is 3.86. The second-order valence-electron chi connectivity index (χ2n) is 5.04. The molecule has 0 radical (unpaired) electrons. The lowest BCUT2D eigenvalue weighted by Gasteiger charge is -2.29. The molecule has 92 valence electrons. The number of methoxy groups -OCH3 is 1. The molecule has 2 aliphatic rings. The maximum Gasteiger partial charge on any atom is 0.313 e. The van der Waals surface area contributed by atoms with Gasteiger partial charge in [0.05, 0.1) is 11.5 Å². The highest BCUT2D eigenvalue weighted by molar-refractivity contribution is 5.80. The van der Waals surface area contributed by atoms with Gasteiger partial charge in [-0.15, -0.1) is 0 Å². The molecule has 2 aliphatic carbocycles. The molecule has 0 heterocycles. The van der Waals surface area contributed by atoms with Gasteiger partial charge >= 0.3 is 5.97 Å². The van der Waals surface area contributed by atoms with Gasteiger partial charge in [0.25, 0.3) is 0 Å². The Labute approximate surface area is 96.5 Å². The van der Waals surface area contributed by atoms with Crippen molar-refractivity contribution in [2.45, 2.75) is 50.7 Å². The van der Waals surface area contributed by atoms with Crippen LogP contribution in [-0.4, -0.2) is 31.8 Å². The first kappa shape index (κ1) is 11.9. The molecular weight excluding hydrogens is 206 g/mol. The summed E-state index contributed by atoms with van der Waals surface area (Å²) in [7, 11) is 1.72. The van der Waals surface area contributed by atoms with Gasteiger partial charge in [-0.25, -0.2) is 0 Å². The SMILES string of the molecule is COC1CCCC(OC(=O)C2(CN)CC2)C1. The van der Waals surface area contributed by atoms with Crippen molar-refractivity contribution in [3.63, 3.8) is 0 Å². The van der Waals surface area contributed by atoms with Crippen LogP contribution in [0.5, 0.6) is 0 Å². The average molecular weight is 227 g/mol. The molecule has 16 heavy (non-hydrogen) atoms. The molecule has 0 aliphatic heterocycles. The second kappa shape index (κ2) is 4.72. The van der Waals surface area contributed by atoms with Crippen LogP contribution in [0.25, 0.3) is 0 Å². The number of nitrogens with two attached hydrogens (primary N) is 1. The van der Waals surface area contributed by atoms with Crippen molar-refractivity contribution in [1.82, 2.24) is 0 Å². The number of esters is 1. The van der Waals surface area contributed by atoms with Crippen molar-refractivity contribution in [2.24, 2.45) is 11.1 Å². The predicted octanol–water partition coefficient (Wildman–Crippen LogP) is 1.23. The molecule has 0 aromatic rings. The number of ether oxygens (including phenoxy) is 2. The maximum atomic E-state index is 11.9. The molecule has 0 amide bonds. The first-order chi connectivity index (χ1) is 7.70. The molecule has 2 fully saturated rings. The smallest absolute Gasteiger partial charge is 0.313 e. The molecule has 2 rings (SSSR count). The van der Waals surface area contributed by atoms with E-state index in [1.807, 2.05) is 0 Å². The predicted molar refractivity (Wildman–Crippen MR) is 59.9 cm³/mol. The Bertz CT molecular complexity index is 263. The number of hydrogen-bond acceptors (Lipinski definition) is 4.